The lowest BCUT2D eigenvalue weighted by Gasteiger charge is -2.11. The minimum atomic E-state index is 0. The number of ether oxygens (including phenoxy) is 2. The van der Waals surface area contributed by atoms with E-state index in [0.717, 1.165) is 6.54 Å². The van der Waals surface area contributed by atoms with E-state index < -0.39 is 0 Å². The monoisotopic (exact) mass is 227 g/mol. The highest BCUT2D eigenvalue weighted by Gasteiger charge is 1.97. The van der Waals surface area contributed by atoms with Crippen molar-refractivity contribution >= 4 is 0 Å². The van der Waals surface area contributed by atoms with E-state index in [9.17, 15) is 0 Å². The summed E-state index contributed by atoms with van der Waals surface area (Å²) in [5, 5.41) is 3.03. The van der Waals surface area contributed by atoms with Crippen molar-refractivity contribution in [2.24, 2.45) is 0 Å². The van der Waals surface area contributed by atoms with Gasteiger partial charge in [-0.3, -0.25) is 0 Å². The third-order valence-corrected chi connectivity index (χ3v) is 1.18. The molecule has 0 aromatic heterocycles. The summed E-state index contributed by atoms with van der Waals surface area (Å²) >= 11 is 0. The number of hydrogen-bond acceptors (Lipinski definition) is 3. The SMILES string of the molecule is C.C.C.C.C.CNCC(C)OCCOC. The maximum Gasteiger partial charge on any atom is 0.0704 e. The standard InChI is InChI=1S/C7H17NO2.5CH4/c1-7(6-8-2)10-5-4-9-3;;;;;/h7-8H,4-6H2,1-3H3;5*1H4. The summed E-state index contributed by atoms with van der Waals surface area (Å²) < 4.78 is 10.2. The van der Waals surface area contributed by atoms with Gasteiger partial charge >= 0.3 is 0 Å². The first-order valence-electron chi connectivity index (χ1n) is 3.56. The fourth-order valence-corrected chi connectivity index (χ4v) is 0.679. The number of methoxy groups -OCH3 is 1. The van der Waals surface area contributed by atoms with Gasteiger partial charge in [0, 0.05) is 13.7 Å². The summed E-state index contributed by atoms with van der Waals surface area (Å²) in [6.07, 6.45) is 0.278. The van der Waals surface area contributed by atoms with Crippen molar-refractivity contribution in [3.05, 3.63) is 0 Å². The fraction of sp³-hybridized carbons (Fsp3) is 1.00. The molecule has 1 N–H and O–H groups in total. The van der Waals surface area contributed by atoms with Gasteiger partial charge in [0.25, 0.3) is 0 Å². The zero-order valence-corrected chi connectivity index (χ0v) is 7.02. The molecule has 0 aromatic rings. The Bertz CT molecular complexity index is 70.6. The van der Waals surface area contributed by atoms with Crippen molar-refractivity contribution in [1.82, 2.24) is 5.32 Å². The van der Waals surface area contributed by atoms with Crippen LogP contribution >= 0.6 is 0 Å². The lowest BCUT2D eigenvalue weighted by molar-refractivity contribution is 0.0276. The Morgan fingerprint density at radius 3 is 1.80 bits per heavy atom. The number of nitrogens with one attached hydrogen (secondary N) is 1. The van der Waals surface area contributed by atoms with Crippen LogP contribution in [0.15, 0.2) is 0 Å². The summed E-state index contributed by atoms with van der Waals surface area (Å²) in [7, 11) is 3.59. The van der Waals surface area contributed by atoms with Crippen LogP contribution < -0.4 is 5.32 Å². The van der Waals surface area contributed by atoms with E-state index >= 15 is 0 Å². The van der Waals surface area contributed by atoms with Crippen LogP contribution in [0.25, 0.3) is 0 Å². The molecule has 0 rings (SSSR count). The van der Waals surface area contributed by atoms with Crippen LogP contribution in [-0.2, 0) is 9.47 Å². The molecule has 0 aliphatic rings. The molecule has 0 bridgehead atoms. The quantitative estimate of drug-likeness (QED) is 0.705. The molecule has 0 saturated carbocycles. The predicted molar refractivity (Wildman–Crippen MR) is 74.9 cm³/mol. The van der Waals surface area contributed by atoms with Crippen LogP contribution in [0.3, 0.4) is 0 Å². The molecule has 0 aliphatic carbocycles. The van der Waals surface area contributed by atoms with Crippen molar-refractivity contribution in [2.45, 2.75) is 50.2 Å². The van der Waals surface area contributed by atoms with Crippen LogP contribution in [0.5, 0.6) is 0 Å². The Hall–Kier alpha value is -0.120. The highest BCUT2D eigenvalue weighted by Crippen LogP contribution is 1.86. The Balaban J connectivity index is -0.0000000405. The van der Waals surface area contributed by atoms with Crippen molar-refractivity contribution in [1.29, 1.82) is 0 Å². The predicted octanol–water partition coefficient (Wildman–Crippen LogP) is 3.44. The summed E-state index contributed by atoms with van der Waals surface area (Å²) in [5.41, 5.74) is 0. The minimum absolute atomic E-state index is 0. The van der Waals surface area contributed by atoms with Crippen molar-refractivity contribution in [2.75, 3.05) is 33.9 Å². The summed E-state index contributed by atoms with van der Waals surface area (Å²) in [6.45, 7) is 4.28. The van der Waals surface area contributed by atoms with E-state index in [0.29, 0.717) is 13.2 Å². The summed E-state index contributed by atoms with van der Waals surface area (Å²) in [4.78, 5) is 0. The lowest BCUT2D eigenvalue weighted by atomic mass is 10.4. The molecule has 0 aliphatic heterocycles. The molecule has 3 nitrogen and oxygen atoms in total. The molecule has 0 fully saturated rings. The van der Waals surface area contributed by atoms with E-state index in [4.69, 9.17) is 9.47 Å². The van der Waals surface area contributed by atoms with Gasteiger partial charge in [0.2, 0.25) is 0 Å². The van der Waals surface area contributed by atoms with Crippen LogP contribution in [0.2, 0.25) is 0 Å². The smallest absolute Gasteiger partial charge is 0.0704 e. The highest BCUT2D eigenvalue weighted by molar-refractivity contribution is 4.50. The molecule has 0 saturated heterocycles. The Labute approximate surface area is 99.6 Å². The maximum absolute atomic E-state index is 5.34. The third kappa shape index (κ3) is 31.5. The molecule has 0 amide bonds. The van der Waals surface area contributed by atoms with E-state index in [1.807, 2.05) is 14.0 Å². The first-order chi connectivity index (χ1) is 4.81. The number of rotatable bonds is 6. The molecule has 3 heteroatoms. The molecule has 102 valence electrons. The highest BCUT2D eigenvalue weighted by atomic mass is 16.5. The molecular formula is C12H37NO2. The largest absolute Gasteiger partial charge is 0.382 e. The van der Waals surface area contributed by atoms with E-state index in [2.05, 4.69) is 5.32 Å². The topological polar surface area (TPSA) is 30.5 Å². The van der Waals surface area contributed by atoms with Gasteiger partial charge in [-0.05, 0) is 14.0 Å². The molecule has 0 radical (unpaired) electrons. The van der Waals surface area contributed by atoms with Gasteiger partial charge in [0.15, 0.2) is 0 Å². The molecule has 0 heterocycles. The zero-order valence-electron chi connectivity index (χ0n) is 7.02. The van der Waals surface area contributed by atoms with Gasteiger partial charge in [-0.15, -0.1) is 0 Å². The fourth-order valence-electron chi connectivity index (χ4n) is 0.679. The van der Waals surface area contributed by atoms with Gasteiger partial charge in [-0.25, -0.2) is 0 Å². The van der Waals surface area contributed by atoms with Gasteiger partial charge in [-0.1, -0.05) is 37.1 Å². The number of hydrogen-bond donors (Lipinski definition) is 1. The number of likely N-dealkylation sites (N-methyl/N-ethyl adjacent to an activating group) is 1. The summed E-state index contributed by atoms with van der Waals surface area (Å²) in [5.74, 6) is 0. The molecule has 0 spiro atoms. The van der Waals surface area contributed by atoms with Crippen molar-refractivity contribution in [3.8, 4) is 0 Å². The van der Waals surface area contributed by atoms with E-state index in [1.54, 1.807) is 7.11 Å². The first kappa shape index (κ1) is 36.4. The van der Waals surface area contributed by atoms with Gasteiger partial charge in [0.1, 0.15) is 0 Å². The summed E-state index contributed by atoms with van der Waals surface area (Å²) in [6, 6.07) is 0. The molecule has 0 aromatic carbocycles. The van der Waals surface area contributed by atoms with E-state index in [1.165, 1.54) is 0 Å². The van der Waals surface area contributed by atoms with Crippen LogP contribution in [0.1, 0.15) is 44.1 Å². The van der Waals surface area contributed by atoms with Gasteiger partial charge < -0.3 is 14.8 Å². The maximum atomic E-state index is 5.34. The molecule has 1 unspecified atom stereocenters. The first-order valence-corrected chi connectivity index (χ1v) is 3.56. The Morgan fingerprint density at radius 2 is 1.47 bits per heavy atom. The van der Waals surface area contributed by atoms with Gasteiger partial charge in [0.05, 0.1) is 19.3 Å². The van der Waals surface area contributed by atoms with E-state index in [-0.39, 0.29) is 43.2 Å². The molecular weight excluding hydrogens is 190 g/mol. The van der Waals surface area contributed by atoms with Crippen molar-refractivity contribution in [3.63, 3.8) is 0 Å². The second-order valence-corrected chi connectivity index (χ2v) is 2.23. The van der Waals surface area contributed by atoms with Crippen LogP contribution in [-0.4, -0.2) is 40.0 Å². The molecule has 1 atom stereocenters. The van der Waals surface area contributed by atoms with Crippen LogP contribution in [0.4, 0.5) is 0 Å². The lowest BCUT2D eigenvalue weighted by Crippen LogP contribution is -2.24. The van der Waals surface area contributed by atoms with Crippen molar-refractivity contribution < 1.29 is 9.47 Å². The molecule has 15 heavy (non-hydrogen) atoms. The average Bonchev–Trinajstić information content (AvgIpc) is 1.89. The third-order valence-electron chi connectivity index (χ3n) is 1.18. The average molecular weight is 227 g/mol. The van der Waals surface area contributed by atoms with Gasteiger partial charge in [-0.2, -0.15) is 0 Å². The normalized spacial score (nSPS) is 9.00. The second-order valence-electron chi connectivity index (χ2n) is 2.23. The second kappa shape index (κ2) is 29.2. The minimum Gasteiger partial charge on any atom is -0.382 e. The van der Waals surface area contributed by atoms with Crippen LogP contribution in [0, 0.1) is 0 Å². The Morgan fingerprint density at radius 1 is 1.00 bits per heavy atom. The Kier molecular flexibility index (Phi) is 70.8. The zero-order chi connectivity index (χ0) is 7.82.